The number of thiazole rings is 1. The van der Waals surface area contributed by atoms with E-state index in [0.717, 1.165) is 47.7 Å². The summed E-state index contributed by atoms with van der Waals surface area (Å²) in [6, 6.07) is 18.8. The molecule has 0 radical (unpaired) electrons. The topological polar surface area (TPSA) is 67.2 Å². The van der Waals surface area contributed by atoms with Crippen LogP contribution < -0.4 is 0 Å². The molecule has 2 aromatic heterocycles. The summed E-state index contributed by atoms with van der Waals surface area (Å²) in [5.41, 5.74) is 2.26. The lowest BCUT2D eigenvalue weighted by molar-refractivity contribution is -0.130. The quantitative estimate of drug-likeness (QED) is 0.360. The van der Waals surface area contributed by atoms with Gasteiger partial charge in [-0.15, -0.1) is 21.5 Å². The Labute approximate surface area is 207 Å². The number of carbonyl (C=O) groups excluding carboxylic acids is 1. The van der Waals surface area contributed by atoms with Crippen LogP contribution in [0.1, 0.15) is 29.4 Å². The van der Waals surface area contributed by atoms with Crippen molar-refractivity contribution in [3.63, 3.8) is 0 Å². The van der Waals surface area contributed by atoms with E-state index < -0.39 is 0 Å². The van der Waals surface area contributed by atoms with Crippen molar-refractivity contribution in [2.75, 3.05) is 31.9 Å². The summed E-state index contributed by atoms with van der Waals surface area (Å²) in [6.45, 7) is 8.07. The van der Waals surface area contributed by atoms with E-state index in [0.29, 0.717) is 12.3 Å². The molecule has 2 aromatic carbocycles. The number of carbonyl (C=O) groups is 1. The number of hydrogen-bond acceptors (Lipinski definition) is 7. The fourth-order valence-corrected chi connectivity index (χ4v) is 6.16. The smallest absolute Gasteiger partial charge is 0.233 e. The molecule has 9 heteroatoms. The number of thioether (sulfide) groups is 1. The molecular formula is C25H28N6OS2. The molecule has 1 aliphatic heterocycles. The predicted molar refractivity (Wildman–Crippen MR) is 137 cm³/mol. The third-order valence-electron chi connectivity index (χ3n) is 6.29. The van der Waals surface area contributed by atoms with Crippen molar-refractivity contribution >= 4 is 39.2 Å². The Kier molecular flexibility index (Phi) is 6.94. The highest BCUT2D eigenvalue weighted by molar-refractivity contribution is 7.99. The zero-order chi connectivity index (χ0) is 23.5. The van der Waals surface area contributed by atoms with Crippen molar-refractivity contribution in [2.24, 2.45) is 0 Å². The molecule has 1 fully saturated rings. The van der Waals surface area contributed by atoms with Gasteiger partial charge in [-0.2, -0.15) is 0 Å². The van der Waals surface area contributed by atoms with Gasteiger partial charge in [-0.3, -0.25) is 9.69 Å². The number of amides is 1. The van der Waals surface area contributed by atoms with E-state index in [1.54, 1.807) is 11.3 Å². The number of aromatic nitrogens is 4. The molecule has 0 aliphatic carbocycles. The normalized spacial score (nSPS) is 15.6. The molecular weight excluding hydrogens is 464 g/mol. The van der Waals surface area contributed by atoms with Crippen LogP contribution in [0.3, 0.4) is 0 Å². The lowest BCUT2D eigenvalue weighted by Crippen LogP contribution is -2.49. The average molecular weight is 493 g/mol. The molecule has 1 aliphatic rings. The fraction of sp³-hybridized carbons (Fsp3) is 0.360. The molecule has 176 valence electrons. The lowest BCUT2D eigenvalue weighted by Gasteiger charge is -2.37. The van der Waals surface area contributed by atoms with Crippen molar-refractivity contribution in [1.82, 2.24) is 29.5 Å². The number of aryl methyl sites for hydroxylation is 1. The van der Waals surface area contributed by atoms with Gasteiger partial charge in [-0.05, 0) is 31.5 Å². The maximum absolute atomic E-state index is 12.9. The van der Waals surface area contributed by atoms with Gasteiger partial charge in [0.1, 0.15) is 10.8 Å². The van der Waals surface area contributed by atoms with Gasteiger partial charge in [-0.25, -0.2) is 4.98 Å². The number of benzene rings is 2. The second kappa shape index (κ2) is 10.2. The molecule has 34 heavy (non-hydrogen) atoms. The standard InChI is InChI=1S/C25H28N6OS2/c1-18(24-26-21-10-6-7-11-22(21)34-24)29-12-14-30(15-13-29)23(32)17-33-25-28-27-19(2)31(25)16-20-8-4-3-5-9-20/h3-11,18H,12-17H2,1-2H3/t18-/m0/s1. The third kappa shape index (κ3) is 5.01. The molecule has 0 saturated carbocycles. The fourth-order valence-electron chi connectivity index (χ4n) is 4.22. The van der Waals surface area contributed by atoms with Gasteiger partial charge >= 0.3 is 0 Å². The molecule has 0 spiro atoms. The van der Waals surface area contributed by atoms with E-state index >= 15 is 0 Å². The summed E-state index contributed by atoms with van der Waals surface area (Å²) in [5.74, 6) is 1.39. The first-order valence-corrected chi connectivity index (χ1v) is 13.3. The summed E-state index contributed by atoms with van der Waals surface area (Å²) in [5, 5.41) is 10.5. The molecule has 7 nitrogen and oxygen atoms in total. The third-order valence-corrected chi connectivity index (χ3v) is 8.45. The van der Waals surface area contributed by atoms with Gasteiger partial charge in [0.05, 0.1) is 28.6 Å². The van der Waals surface area contributed by atoms with E-state index in [9.17, 15) is 4.79 Å². The van der Waals surface area contributed by atoms with E-state index in [-0.39, 0.29) is 11.9 Å². The minimum absolute atomic E-state index is 0.157. The first-order chi connectivity index (χ1) is 16.6. The first kappa shape index (κ1) is 23.0. The van der Waals surface area contributed by atoms with Crippen molar-refractivity contribution < 1.29 is 4.79 Å². The summed E-state index contributed by atoms with van der Waals surface area (Å²) in [7, 11) is 0. The molecule has 4 aromatic rings. The number of hydrogen-bond donors (Lipinski definition) is 0. The van der Waals surface area contributed by atoms with Crippen molar-refractivity contribution in [2.45, 2.75) is 31.6 Å². The van der Waals surface area contributed by atoms with Gasteiger partial charge < -0.3 is 9.47 Å². The summed E-state index contributed by atoms with van der Waals surface area (Å²) >= 11 is 3.24. The lowest BCUT2D eigenvalue weighted by atomic mass is 10.2. The predicted octanol–water partition coefficient (Wildman–Crippen LogP) is 4.24. The zero-order valence-corrected chi connectivity index (χ0v) is 21.1. The molecule has 0 N–H and O–H groups in total. The van der Waals surface area contributed by atoms with Crippen molar-refractivity contribution in [3.8, 4) is 0 Å². The highest BCUT2D eigenvalue weighted by Crippen LogP contribution is 2.30. The van der Waals surface area contributed by atoms with Crippen LogP contribution in [0.5, 0.6) is 0 Å². The van der Waals surface area contributed by atoms with E-state index in [1.807, 2.05) is 36.1 Å². The van der Waals surface area contributed by atoms with E-state index in [1.165, 1.54) is 22.0 Å². The van der Waals surface area contributed by atoms with Gasteiger partial charge in [0.15, 0.2) is 5.16 Å². The molecule has 3 heterocycles. The molecule has 0 unspecified atom stereocenters. The zero-order valence-electron chi connectivity index (χ0n) is 19.4. The van der Waals surface area contributed by atoms with Gasteiger partial charge in [-0.1, -0.05) is 54.2 Å². The highest BCUT2D eigenvalue weighted by atomic mass is 32.2. The monoisotopic (exact) mass is 492 g/mol. The Morgan fingerprint density at radius 2 is 1.76 bits per heavy atom. The van der Waals surface area contributed by atoms with Gasteiger partial charge in [0, 0.05) is 26.2 Å². The molecule has 1 atom stereocenters. The number of rotatable bonds is 7. The Morgan fingerprint density at radius 1 is 1.03 bits per heavy atom. The van der Waals surface area contributed by atoms with Gasteiger partial charge in [0.2, 0.25) is 5.91 Å². The van der Waals surface area contributed by atoms with Crippen LogP contribution in [0, 0.1) is 6.92 Å². The number of nitrogens with zero attached hydrogens (tertiary/aromatic N) is 6. The molecule has 1 saturated heterocycles. The minimum Gasteiger partial charge on any atom is -0.339 e. The molecule has 0 bridgehead atoms. The van der Waals surface area contributed by atoms with Crippen LogP contribution in [0.4, 0.5) is 0 Å². The first-order valence-electron chi connectivity index (χ1n) is 11.5. The number of para-hydroxylation sites is 1. The largest absolute Gasteiger partial charge is 0.339 e. The second-order valence-corrected chi connectivity index (χ2v) is 10.5. The highest BCUT2D eigenvalue weighted by Gasteiger charge is 2.26. The Morgan fingerprint density at radius 3 is 2.53 bits per heavy atom. The number of fused-ring (bicyclic) bond motifs is 1. The Hall–Kier alpha value is -2.75. The minimum atomic E-state index is 0.157. The van der Waals surface area contributed by atoms with Crippen LogP contribution in [-0.4, -0.2) is 67.4 Å². The van der Waals surface area contributed by atoms with Gasteiger partial charge in [0.25, 0.3) is 0 Å². The van der Waals surface area contributed by atoms with Crippen LogP contribution in [0.2, 0.25) is 0 Å². The van der Waals surface area contributed by atoms with Crippen LogP contribution in [0.25, 0.3) is 10.2 Å². The van der Waals surface area contributed by atoms with Crippen LogP contribution >= 0.6 is 23.1 Å². The van der Waals surface area contributed by atoms with E-state index in [2.05, 4.69) is 56.9 Å². The Bertz CT molecular complexity index is 1230. The van der Waals surface area contributed by atoms with Crippen molar-refractivity contribution in [3.05, 3.63) is 71.0 Å². The summed E-state index contributed by atoms with van der Waals surface area (Å²) < 4.78 is 3.30. The SMILES string of the molecule is Cc1nnc(SCC(=O)N2CCN([C@@H](C)c3nc4ccccc4s3)CC2)n1Cc1ccccc1. The average Bonchev–Trinajstić information content (AvgIpc) is 3.46. The summed E-state index contributed by atoms with van der Waals surface area (Å²) in [4.78, 5) is 22.2. The van der Waals surface area contributed by atoms with Crippen LogP contribution in [-0.2, 0) is 11.3 Å². The number of piperazine rings is 1. The summed E-state index contributed by atoms with van der Waals surface area (Å²) in [6.07, 6.45) is 0. The maximum Gasteiger partial charge on any atom is 0.233 e. The van der Waals surface area contributed by atoms with Crippen molar-refractivity contribution in [1.29, 1.82) is 0 Å². The second-order valence-electron chi connectivity index (χ2n) is 8.50. The Balaban J connectivity index is 1.15. The maximum atomic E-state index is 12.9. The molecule has 1 amide bonds. The molecule has 5 rings (SSSR count). The van der Waals surface area contributed by atoms with E-state index in [4.69, 9.17) is 4.98 Å². The van der Waals surface area contributed by atoms with Crippen LogP contribution in [0.15, 0.2) is 59.8 Å².